The summed E-state index contributed by atoms with van der Waals surface area (Å²) in [5.74, 6) is 0.491. The Bertz CT molecular complexity index is 568. The van der Waals surface area contributed by atoms with Crippen LogP contribution in [0.15, 0.2) is 23.8 Å². The molecule has 0 saturated carbocycles. The Morgan fingerprint density at radius 2 is 1.79 bits per heavy atom. The molecule has 0 radical (unpaired) electrons. The van der Waals surface area contributed by atoms with Crippen molar-refractivity contribution in [3.63, 3.8) is 0 Å². The molecule has 134 valence electrons. The molecule has 2 unspecified atom stereocenters. The molecule has 1 aliphatic rings. The van der Waals surface area contributed by atoms with E-state index in [1.165, 1.54) is 0 Å². The van der Waals surface area contributed by atoms with Crippen molar-refractivity contribution in [3.05, 3.63) is 34.9 Å². The topological polar surface area (TPSA) is 40.5 Å². The van der Waals surface area contributed by atoms with Crippen molar-refractivity contribution in [2.75, 3.05) is 0 Å². The zero-order valence-electron chi connectivity index (χ0n) is 15.3. The highest BCUT2D eigenvalue weighted by Gasteiger charge is 2.35. The molecule has 1 aliphatic carbocycles. The number of phenols is 2. The number of unbranched alkanes of at least 4 members (excludes halogenated alkanes) is 2. The molecule has 1 aromatic carbocycles. The van der Waals surface area contributed by atoms with Crippen molar-refractivity contribution in [1.82, 2.24) is 0 Å². The monoisotopic (exact) mass is 334 g/mol. The van der Waals surface area contributed by atoms with Crippen molar-refractivity contribution in [2.24, 2.45) is 11.8 Å². The molecular weight excluding hydrogens is 303 g/mol. The number of hydrogen-bond donors (Lipinski definition) is 2. The predicted octanol–water partition coefficient (Wildman–Crippen LogP) is 5.87. The Morgan fingerprint density at radius 1 is 1.17 bits per heavy atom. The molecule has 0 amide bonds. The molecule has 0 aromatic heterocycles. The molecule has 0 heterocycles. The average molecular weight is 334 g/mol. The van der Waals surface area contributed by atoms with Gasteiger partial charge in [0, 0.05) is 11.5 Å². The number of rotatable bonds is 6. The highest BCUT2D eigenvalue weighted by atomic mass is 19.1. The summed E-state index contributed by atoms with van der Waals surface area (Å²) in [6.07, 6.45) is 5.60. The average Bonchev–Trinajstić information content (AvgIpc) is 2.50. The van der Waals surface area contributed by atoms with Gasteiger partial charge in [-0.1, -0.05) is 39.7 Å². The zero-order chi connectivity index (χ0) is 17.9. The van der Waals surface area contributed by atoms with E-state index < -0.39 is 6.17 Å². The Hall–Kier alpha value is -1.51. The molecule has 0 bridgehead atoms. The second kappa shape index (κ2) is 8.04. The summed E-state index contributed by atoms with van der Waals surface area (Å²) in [6.45, 7) is 8.10. The van der Waals surface area contributed by atoms with E-state index in [0.717, 1.165) is 31.2 Å². The fraction of sp³-hybridized carbons (Fsp3) is 0.619. The minimum Gasteiger partial charge on any atom is -0.507 e. The maximum Gasteiger partial charge on any atom is 0.123 e. The highest BCUT2D eigenvalue weighted by Crippen LogP contribution is 2.47. The van der Waals surface area contributed by atoms with Gasteiger partial charge in [0.1, 0.15) is 17.7 Å². The van der Waals surface area contributed by atoms with Gasteiger partial charge in [-0.3, -0.25) is 0 Å². The summed E-state index contributed by atoms with van der Waals surface area (Å²) in [4.78, 5) is 0. The van der Waals surface area contributed by atoms with E-state index in [9.17, 15) is 14.6 Å². The number of halogens is 1. The van der Waals surface area contributed by atoms with Gasteiger partial charge in [0.15, 0.2) is 0 Å². The van der Waals surface area contributed by atoms with Crippen molar-refractivity contribution in [2.45, 2.75) is 71.9 Å². The number of hydrogen-bond acceptors (Lipinski definition) is 2. The third-order valence-electron chi connectivity index (χ3n) is 5.33. The van der Waals surface area contributed by atoms with Crippen LogP contribution < -0.4 is 0 Å². The summed E-state index contributed by atoms with van der Waals surface area (Å²) >= 11 is 0. The largest absolute Gasteiger partial charge is 0.507 e. The summed E-state index contributed by atoms with van der Waals surface area (Å²) in [7, 11) is 0. The smallest absolute Gasteiger partial charge is 0.123 e. The van der Waals surface area contributed by atoms with Crippen molar-refractivity contribution < 1.29 is 14.6 Å². The molecule has 2 nitrogen and oxygen atoms in total. The normalized spacial score (nSPS) is 24.2. The van der Waals surface area contributed by atoms with Gasteiger partial charge in [-0.2, -0.15) is 0 Å². The fourth-order valence-electron chi connectivity index (χ4n) is 3.81. The van der Waals surface area contributed by atoms with Crippen LogP contribution in [-0.4, -0.2) is 16.4 Å². The van der Waals surface area contributed by atoms with Crippen LogP contribution >= 0.6 is 0 Å². The summed E-state index contributed by atoms with van der Waals surface area (Å²) in [6, 6.07) is 3.54. The Kier molecular flexibility index (Phi) is 6.31. The SMILES string of the molecule is CCCCCc1cc(O)c(C2C=C(C)C(F)C[C@H]2C(C)C)c(O)c1. The fourth-order valence-corrected chi connectivity index (χ4v) is 3.81. The summed E-state index contributed by atoms with van der Waals surface area (Å²) in [5, 5.41) is 21.1. The lowest BCUT2D eigenvalue weighted by Gasteiger charge is -2.35. The summed E-state index contributed by atoms with van der Waals surface area (Å²) < 4.78 is 14.1. The van der Waals surface area contributed by atoms with Crippen molar-refractivity contribution in [1.29, 1.82) is 0 Å². The standard InChI is InChI=1S/C21H31FO2/c1-5-6-7-8-15-10-19(23)21(20(24)11-15)17-9-14(4)18(22)12-16(17)13(2)3/h9-11,13,16-18,23-24H,5-8,12H2,1-4H3/t16-,17?,18?/m0/s1. The van der Waals surface area contributed by atoms with Crippen LogP contribution in [0.25, 0.3) is 0 Å². The molecule has 24 heavy (non-hydrogen) atoms. The van der Waals surface area contributed by atoms with E-state index in [0.29, 0.717) is 17.6 Å². The molecule has 1 aromatic rings. The number of aryl methyl sites for hydroxylation is 1. The molecule has 3 atom stereocenters. The number of alkyl halides is 1. The Labute approximate surface area is 145 Å². The number of allylic oxidation sites excluding steroid dienone is 2. The quantitative estimate of drug-likeness (QED) is 0.504. The van der Waals surface area contributed by atoms with Gasteiger partial charge >= 0.3 is 0 Å². The Balaban J connectivity index is 2.35. The lowest BCUT2D eigenvalue weighted by Crippen LogP contribution is -2.27. The Morgan fingerprint density at radius 3 is 2.33 bits per heavy atom. The third-order valence-corrected chi connectivity index (χ3v) is 5.33. The van der Waals surface area contributed by atoms with Crippen LogP contribution in [0.1, 0.15) is 70.4 Å². The van der Waals surface area contributed by atoms with E-state index in [1.54, 1.807) is 19.1 Å². The van der Waals surface area contributed by atoms with Gasteiger partial charge < -0.3 is 10.2 Å². The minimum atomic E-state index is -0.925. The summed E-state index contributed by atoms with van der Waals surface area (Å²) in [5.41, 5.74) is 2.21. The van der Waals surface area contributed by atoms with Crippen molar-refractivity contribution in [3.8, 4) is 11.5 Å². The van der Waals surface area contributed by atoms with Gasteiger partial charge in [-0.05, 0) is 61.3 Å². The number of phenolic OH excluding ortho intramolecular Hbond substituents is 2. The zero-order valence-corrected chi connectivity index (χ0v) is 15.3. The predicted molar refractivity (Wildman–Crippen MR) is 97.3 cm³/mol. The van der Waals surface area contributed by atoms with Crippen LogP contribution in [-0.2, 0) is 6.42 Å². The van der Waals surface area contributed by atoms with Crippen LogP contribution in [0.3, 0.4) is 0 Å². The van der Waals surface area contributed by atoms with Crippen LogP contribution in [0.5, 0.6) is 11.5 Å². The first kappa shape index (κ1) is 18.8. The van der Waals surface area contributed by atoms with E-state index in [1.807, 2.05) is 6.08 Å². The highest BCUT2D eigenvalue weighted by molar-refractivity contribution is 5.51. The first-order chi connectivity index (χ1) is 11.3. The van der Waals surface area contributed by atoms with E-state index in [4.69, 9.17) is 0 Å². The lowest BCUT2D eigenvalue weighted by atomic mass is 9.71. The maximum atomic E-state index is 14.1. The second-order valence-electron chi connectivity index (χ2n) is 7.55. The number of aromatic hydroxyl groups is 2. The lowest BCUT2D eigenvalue weighted by molar-refractivity contribution is 0.222. The van der Waals surface area contributed by atoms with E-state index in [-0.39, 0.29) is 29.3 Å². The molecule has 0 aliphatic heterocycles. The van der Waals surface area contributed by atoms with E-state index in [2.05, 4.69) is 20.8 Å². The van der Waals surface area contributed by atoms with Crippen LogP contribution in [0.4, 0.5) is 4.39 Å². The van der Waals surface area contributed by atoms with Crippen LogP contribution in [0, 0.1) is 11.8 Å². The van der Waals surface area contributed by atoms with Gasteiger partial charge in [-0.25, -0.2) is 4.39 Å². The van der Waals surface area contributed by atoms with Crippen molar-refractivity contribution >= 4 is 0 Å². The molecule has 0 saturated heterocycles. The number of benzene rings is 1. The molecule has 0 fully saturated rings. The second-order valence-corrected chi connectivity index (χ2v) is 7.55. The van der Waals surface area contributed by atoms with Gasteiger partial charge in [0.05, 0.1) is 0 Å². The third kappa shape index (κ3) is 4.12. The molecule has 2 rings (SSSR count). The minimum absolute atomic E-state index is 0.0754. The molecular formula is C21H31FO2. The molecule has 2 N–H and O–H groups in total. The van der Waals surface area contributed by atoms with Crippen LogP contribution in [0.2, 0.25) is 0 Å². The first-order valence-electron chi connectivity index (χ1n) is 9.22. The maximum absolute atomic E-state index is 14.1. The van der Waals surface area contributed by atoms with Gasteiger partial charge in [0.2, 0.25) is 0 Å². The first-order valence-corrected chi connectivity index (χ1v) is 9.22. The van der Waals surface area contributed by atoms with E-state index >= 15 is 0 Å². The van der Waals surface area contributed by atoms with Gasteiger partial charge in [-0.15, -0.1) is 0 Å². The molecule has 0 spiro atoms. The molecule has 3 heteroatoms. The van der Waals surface area contributed by atoms with Gasteiger partial charge in [0.25, 0.3) is 0 Å².